The lowest BCUT2D eigenvalue weighted by molar-refractivity contribution is -0.128. The van der Waals surface area contributed by atoms with Crippen molar-refractivity contribution in [3.8, 4) is 0 Å². The number of carbonyl (C=O) groups excluding carboxylic acids is 1. The van der Waals surface area contributed by atoms with Gasteiger partial charge in [0, 0.05) is 24.8 Å². The standard InChI is InChI=1S/C20H23N5O2S/c1-2-15-13-17(26)25-20(21-15)28-19(23-25)22-16-10-12-24(18(16)27)11-6-9-14-7-4-3-5-8-14/h3-5,7-8,13,16H,2,6,9-12H2,1H3,(H,22,23). The molecule has 3 aromatic rings. The van der Waals surface area contributed by atoms with Crippen molar-refractivity contribution in [3.05, 3.63) is 58.0 Å². The van der Waals surface area contributed by atoms with Crippen molar-refractivity contribution >= 4 is 27.3 Å². The predicted molar refractivity (Wildman–Crippen MR) is 110 cm³/mol. The van der Waals surface area contributed by atoms with Crippen LogP contribution in [0.4, 0.5) is 5.13 Å². The first-order valence-corrected chi connectivity index (χ1v) is 10.4. The Labute approximate surface area is 167 Å². The van der Waals surface area contributed by atoms with Crippen molar-refractivity contribution in [2.24, 2.45) is 0 Å². The minimum atomic E-state index is -0.293. The fourth-order valence-electron chi connectivity index (χ4n) is 3.46. The van der Waals surface area contributed by atoms with Gasteiger partial charge in [0.2, 0.25) is 16.0 Å². The zero-order valence-corrected chi connectivity index (χ0v) is 16.6. The number of fused-ring (bicyclic) bond motifs is 1. The number of hydrogen-bond donors (Lipinski definition) is 1. The van der Waals surface area contributed by atoms with Crippen LogP contribution in [0.15, 0.2) is 41.2 Å². The van der Waals surface area contributed by atoms with E-state index in [1.54, 1.807) is 0 Å². The summed E-state index contributed by atoms with van der Waals surface area (Å²) in [6, 6.07) is 11.5. The molecule has 1 N–H and O–H groups in total. The van der Waals surface area contributed by atoms with Crippen LogP contribution in [0, 0.1) is 0 Å². The summed E-state index contributed by atoms with van der Waals surface area (Å²) in [6.07, 6.45) is 3.35. The van der Waals surface area contributed by atoms with Crippen molar-refractivity contribution in [2.75, 3.05) is 18.4 Å². The molecule has 7 nitrogen and oxygen atoms in total. The topological polar surface area (TPSA) is 79.6 Å². The van der Waals surface area contributed by atoms with Crippen LogP contribution in [0.5, 0.6) is 0 Å². The average molecular weight is 398 g/mol. The number of hydrogen-bond acceptors (Lipinski definition) is 6. The molecule has 0 aliphatic carbocycles. The molecule has 0 saturated carbocycles. The fourth-order valence-corrected chi connectivity index (χ4v) is 4.34. The minimum absolute atomic E-state index is 0.0990. The molecule has 1 aromatic carbocycles. The molecule has 1 amide bonds. The first-order chi connectivity index (χ1) is 13.6. The van der Waals surface area contributed by atoms with E-state index in [9.17, 15) is 9.59 Å². The third kappa shape index (κ3) is 3.91. The molecule has 1 saturated heterocycles. The monoisotopic (exact) mass is 397 g/mol. The Balaban J connectivity index is 1.37. The van der Waals surface area contributed by atoms with Gasteiger partial charge in [-0.2, -0.15) is 4.52 Å². The lowest BCUT2D eigenvalue weighted by Gasteiger charge is -2.16. The van der Waals surface area contributed by atoms with E-state index in [4.69, 9.17) is 0 Å². The summed E-state index contributed by atoms with van der Waals surface area (Å²) >= 11 is 1.31. The van der Waals surface area contributed by atoms with Gasteiger partial charge in [0.1, 0.15) is 6.04 Å². The zero-order valence-electron chi connectivity index (χ0n) is 15.8. The highest BCUT2D eigenvalue weighted by Crippen LogP contribution is 2.22. The Morgan fingerprint density at radius 1 is 1.25 bits per heavy atom. The first kappa shape index (κ1) is 18.6. The van der Waals surface area contributed by atoms with Gasteiger partial charge in [0.25, 0.3) is 5.56 Å². The summed E-state index contributed by atoms with van der Waals surface area (Å²) in [7, 11) is 0. The minimum Gasteiger partial charge on any atom is -0.348 e. The highest BCUT2D eigenvalue weighted by Gasteiger charge is 2.31. The van der Waals surface area contributed by atoms with E-state index >= 15 is 0 Å². The molecule has 0 bridgehead atoms. The number of aromatic nitrogens is 3. The van der Waals surface area contributed by atoms with Crippen LogP contribution in [-0.4, -0.2) is 44.5 Å². The zero-order chi connectivity index (χ0) is 19.5. The predicted octanol–water partition coefficient (Wildman–Crippen LogP) is 2.36. The van der Waals surface area contributed by atoms with E-state index in [1.165, 1.54) is 27.5 Å². The Morgan fingerprint density at radius 2 is 2.07 bits per heavy atom. The van der Waals surface area contributed by atoms with E-state index < -0.39 is 0 Å². The van der Waals surface area contributed by atoms with Crippen LogP contribution in [0.2, 0.25) is 0 Å². The Morgan fingerprint density at radius 3 is 2.86 bits per heavy atom. The number of nitrogens with zero attached hydrogens (tertiary/aromatic N) is 4. The molecule has 1 fully saturated rings. The summed E-state index contributed by atoms with van der Waals surface area (Å²) in [5, 5.41) is 8.05. The number of anilines is 1. The normalized spacial score (nSPS) is 16.8. The van der Waals surface area contributed by atoms with Gasteiger partial charge in [-0.25, -0.2) is 4.98 Å². The van der Waals surface area contributed by atoms with Crippen LogP contribution >= 0.6 is 11.3 Å². The molecule has 0 spiro atoms. The summed E-state index contributed by atoms with van der Waals surface area (Å²) in [5.74, 6) is 0.0990. The van der Waals surface area contributed by atoms with Gasteiger partial charge in [-0.3, -0.25) is 9.59 Å². The molecule has 0 radical (unpaired) electrons. The first-order valence-electron chi connectivity index (χ1n) is 9.63. The Bertz CT molecular complexity index is 1030. The number of amides is 1. The molecule has 1 aliphatic heterocycles. The second-order valence-corrected chi connectivity index (χ2v) is 7.90. The average Bonchev–Trinajstić information content (AvgIpc) is 3.27. The molecular weight excluding hydrogens is 374 g/mol. The second-order valence-electron chi connectivity index (χ2n) is 6.94. The molecule has 1 atom stereocenters. The number of nitrogens with one attached hydrogen (secondary N) is 1. The maximum atomic E-state index is 12.7. The Kier molecular flexibility index (Phi) is 5.38. The number of likely N-dealkylation sites (tertiary alicyclic amines) is 1. The summed E-state index contributed by atoms with van der Waals surface area (Å²) in [5.41, 5.74) is 1.86. The molecule has 8 heteroatoms. The lowest BCUT2D eigenvalue weighted by atomic mass is 10.1. The maximum absolute atomic E-state index is 12.7. The van der Waals surface area contributed by atoms with Gasteiger partial charge < -0.3 is 10.2 Å². The van der Waals surface area contributed by atoms with Gasteiger partial charge in [-0.1, -0.05) is 48.6 Å². The maximum Gasteiger partial charge on any atom is 0.275 e. The van der Waals surface area contributed by atoms with Crippen LogP contribution in [0.3, 0.4) is 0 Å². The van der Waals surface area contributed by atoms with Crippen LogP contribution in [-0.2, 0) is 17.6 Å². The van der Waals surface area contributed by atoms with Crippen molar-refractivity contribution in [3.63, 3.8) is 0 Å². The number of aryl methyl sites for hydroxylation is 2. The van der Waals surface area contributed by atoms with Crippen molar-refractivity contribution in [2.45, 2.75) is 38.6 Å². The molecular formula is C20H23N5O2S. The SMILES string of the molecule is CCc1cc(=O)n2nc(NC3CCN(CCCc4ccccc4)C3=O)sc2n1. The van der Waals surface area contributed by atoms with E-state index in [0.29, 0.717) is 16.5 Å². The lowest BCUT2D eigenvalue weighted by Crippen LogP contribution is -2.34. The van der Waals surface area contributed by atoms with Crippen LogP contribution in [0.25, 0.3) is 4.96 Å². The van der Waals surface area contributed by atoms with Crippen molar-refractivity contribution < 1.29 is 4.79 Å². The van der Waals surface area contributed by atoms with Crippen molar-refractivity contribution in [1.82, 2.24) is 19.5 Å². The van der Waals surface area contributed by atoms with Crippen LogP contribution < -0.4 is 10.9 Å². The quantitative estimate of drug-likeness (QED) is 0.662. The number of benzene rings is 1. The molecule has 146 valence electrons. The number of carbonyl (C=O) groups is 1. The smallest absolute Gasteiger partial charge is 0.275 e. The van der Waals surface area contributed by atoms with Gasteiger partial charge in [-0.05, 0) is 31.2 Å². The Hall–Kier alpha value is -2.74. The highest BCUT2D eigenvalue weighted by atomic mass is 32.1. The summed E-state index contributed by atoms with van der Waals surface area (Å²) in [6.45, 7) is 3.46. The van der Waals surface area contributed by atoms with Gasteiger partial charge in [0.05, 0.1) is 0 Å². The fraction of sp³-hybridized carbons (Fsp3) is 0.400. The summed E-state index contributed by atoms with van der Waals surface area (Å²) in [4.78, 5) is 31.7. The summed E-state index contributed by atoms with van der Waals surface area (Å²) < 4.78 is 1.29. The number of rotatable bonds is 7. The van der Waals surface area contributed by atoms with E-state index in [2.05, 4.69) is 27.5 Å². The molecule has 1 aliphatic rings. The molecule has 4 rings (SSSR count). The van der Waals surface area contributed by atoms with Gasteiger partial charge >= 0.3 is 0 Å². The van der Waals surface area contributed by atoms with Crippen molar-refractivity contribution in [1.29, 1.82) is 0 Å². The van der Waals surface area contributed by atoms with E-state index in [1.807, 2.05) is 30.0 Å². The van der Waals surface area contributed by atoms with E-state index in [-0.39, 0.29) is 17.5 Å². The second kappa shape index (κ2) is 8.10. The van der Waals surface area contributed by atoms with Gasteiger partial charge in [-0.15, -0.1) is 5.10 Å². The van der Waals surface area contributed by atoms with Crippen LogP contribution in [0.1, 0.15) is 31.0 Å². The molecule has 28 heavy (non-hydrogen) atoms. The largest absolute Gasteiger partial charge is 0.348 e. The third-order valence-electron chi connectivity index (χ3n) is 4.99. The third-order valence-corrected chi connectivity index (χ3v) is 5.83. The van der Waals surface area contributed by atoms with E-state index in [0.717, 1.165) is 38.0 Å². The molecule has 3 heterocycles. The molecule has 1 unspecified atom stereocenters. The van der Waals surface area contributed by atoms with Gasteiger partial charge in [0.15, 0.2) is 0 Å². The molecule has 2 aromatic heterocycles. The highest BCUT2D eigenvalue weighted by molar-refractivity contribution is 7.20.